The van der Waals surface area contributed by atoms with E-state index in [4.69, 9.17) is 14.2 Å². The van der Waals surface area contributed by atoms with E-state index < -0.39 is 16.3 Å². The number of aliphatic hydroxyl groups excluding tert-OH is 1. The van der Waals surface area contributed by atoms with Crippen molar-refractivity contribution in [2.45, 2.75) is 37.3 Å². The van der Waals surface area contributed by atoms with Gasteiger partial charge in [-0.05, 0) is 48.7 Å². The number of benzene rings is 3. The van der Waals surface area contributed by atoms with Gasteiger partial charge < -0.3 is 24.2 Å². The van der Waals surface area contributed by atoms with Crippen LogP contribution in [0.25, 0.3) is 0 Å². The van der Waals surface area contributed by atoms with Crippen molar-refractivity contribution >= 4 is 21.4 Å². The smallest absolute Gasteiger partial charge is 0.262 e. The quantitative estimate of drug-likeness (QED) is 0.371. The molecule has 0 saturated carbocycles. The van der Waals surface area contributed by atoms with E-state index in [1.807, 2.05) is 41.3 Å². The SMILES string of the molecule is CCCCc1ccc(NS(=O)(=O)c2cc3c(c(C(O)N4CCN(c5ccccc5OC)CC4)c2)OCCO3)cc1. The number of ether oxygens (including phenoxy) is 3. The van der Waals surface area contributed by atoms with Crippen LogP contribution in [-0.2, 0) is 16.4 Å². The molecule has 1 saturated heterocycles. The molecule has 2 aliphatic heterocycles. The van der Waals surface area contributed by atoms with Gasteiger partial charge in [-0.25, -0.2) is 8.42 Å². The van der Waals surface area contributed by atoms with Gasteiger partial charge in [0.05, 0.1) is 17.7 Å². The fraction of sp³-hybridized carbons (Fsp3) is 0.400. The topological polar surface area (TPSA) is 101 Å². The fourth-order valence-corrected chi connectivity index (χ4v) is 6.24. The van der Waals surface area contributed by atoms with Crippen LogP contribution in [0.5, 0.6) is 17.2 Å². The number of anilines is 2. The lowest BCUT2D eigenvalue weighted by molar-refractivity contribution is -0.00501. The average Bonchev–Trinajstić information content (AvgIpc) is 2.99. The maximum absolute atomic E-state index is 13.4. The Morgan fingerprint density at radius 2 is 1.73 bits per heavy atom. The van der Waals surface area contributed by atoms with E-state index in [1.54, 1.807) is 19.2 Å². The molecule has 0 radical (unpaired) electrons. The zero-order chi connectivity index (χ0) is 28.1. The van der Waals surface area contributed by atoms with Crippen LogP contribution in [0.3, 0.4) is 0 Å². The number of aliphatic hydroxyl groups is 1. The molecule has 2 heterocycles. The Labute approximate surface area is 236 Å². The van der Waals surface area contributed by atoms with Gasteiger partial charge in [-0.3, -0.25) is 9.62 Å². The molecule has 0 bridgehead atoms. The van der Waals surface area contributed by atoms with Crippen molar-refractivity contribution in [2.75, 3.05) is 56.1 Å². The molecular weight excluding hydrogens is 530 g/mol. The average molecular weight is 568 g/mol. The minimum Gasteiger partial charge on any atom is -0.495 e. The lowest BCUT2D eigenvalue weighted by Gasteiger charge is -2.39. The highest BCUT2D eigenvalue weighted by Gasteiger charge is 2.31. The Kier molecular flexibility index (Phi) is 8.68. The van der Waals surface area contributed by atoms with Crippen LogP contribution in [0.2, 0.25) is 0 Å². The molecule has 1 unspecified atom stereocenters. The Bertz CT molecular complexity index is 1410. The molecule has 1 atom stereocenters. The third-order valence-corrected chi connectivity index (χ3v) is 8.70. The molecular formula is C30H37N3O6S. The number of aryl methyl sites for hydroxylation is 1. The predicted octanol–water partition coefficient (Wildman–Crippen LogP) is 4.42. The Morgan fingerprint density at radius 1 is 1.00 bits per heavy atom. The summed E-state index contributed by atoms with van der Waals surface area (Å²) in [4.78, 5) is 4.14. The Morgan fingerprint density at radius 3 is 2.45 bits per heavy atom. The normalized spacial score (nSPS) is 16.4. The van der Waals surface area contributed by atoms with E-state index in [2.05, 4.69) is 16.5 Å². The highest BCUT2D eigenvalue weighted by atomic mass is 32.2. The van der Waals surface area contributed by atoms with Crippen molar-refractivity contribution < 1.29 is 27.7 Å². The summed E-state index contributed by atoms with van der Waals surface area (Å²) in [5.74, 6) is 1.49. The van der Waals surface area contributed by atoms with Gasteiger partial charge in [-0.2, -0.15) is 0 Å². The van der Waals surface area contributed by atoms with Gasteiger partial charge in [0, 0.05) is 43.5 Å². The number of nitrogens with zero attached hydrogens (tertiary/aromatic N) is 2. The molecule has 0 spiro atoms. The van der Waals surface area contributed by atoms with E-state index in [0.717, 1.165) is 30.7 Å². The van der Waals surface area contributed by atoms with Crippen molar-refractivity contribution in [1.82, 2.24) is 4.90 Å². The first kappa shape index (κ1) is 28.1. The van der Waals surface area contributed by atoms with Crippen molar-refractivity contribution in [3.8, 4) is 17.2 Å². The predicted molar refractivity (Wildman–Crippen MR) is 155 cm³/mol. The molecule has 0 aliphatic carbocycles. The highest BCUT2D eigenvalue weighted by Crippen LogP contribution is 2.41. The number of methoxy groups -OCH3 is 1. The molecule has 0 amide bonds. The summed E-state index contributed by atoms with van der Waals surface area (Å²) in [6.45, 7) is 5.24. The summed E-state index contributed by atoms with van der Waals surface area (Å²) in [7, 11) is -2.30. The number of hydrogen-bond acceptors (Lipinski definition) is 8. The monoisotopic (exact) mass is 567 g/mol. The largest absolute Gasteiger partial charge is 0.495 e. The zero-order valence-electron chi connectivity index (χ0n) is 23.0. The lowest BCUT2D eigenvalue weighted by atomic mass is 10.1. The van der Waals surface area contributed by atoms with Gasteiger partial charge in [0.15, 0.2) is 11.5 Å². The van der Waals surface area contributed by atoms with Gasteiger partial charge >= 0.3 is 0 Å². The van der Waals surface area contributed by atoms with E-state index in [9.17, 15) is 13.5 Å². The van der Waals surface area contributed by atoms with E-state index in [0.29, 0.717) is 62.1 Å². The van der Waals surface area contributed by atoms with Crippen molar-refractivity contribution in [1.29, 1.82) is 0 Å². The molecule has 10 heteroatoms. The number of sulfonamides is 1. The van der Waals surface area contributed by atoms with Crippen LogP contribution in [0.15, 0.2) is 65.6 Å². The number of rotatable bonds is 10. The number of para-hydroxylation sites is 2. The van der Waals surface area contributed by atoms with Gasteiger partial charge in [0.25, 0.3) is 10.0 Å². The molecule has 0 aromatic heterocycles. The zero-order valence-corrected chi connectivity index (χ0v) is 23.8. The highest BCUT2D eigenvalue weighted by molar-refractivity contribution is 7.92. The third-order valence-electron chi connectivity index (χ3n) is 7.34. The van der Waals surface area contributed by atoms with Crippen LogP contribution in [0.4, 0.5) is 11.4 Å². The summed E-state index contributed by atoms with van der Waals surface area (Å²) < 4.78 is 46.7. The number of unbranched alkanes of at least 4 members (excludes halogenated alkanes) is 1. The van der Waals surface area contributed by atoms with Crippen LogP contribution in [0, 0.1) is 0 Å². The van der Waals surface area contributed by atoms with Gasteiger partial charge in [0.1, 0.15) is 25.2 Å². The minimum atomic E-state index is -3.95. The number of hydrogen-bond donors (Lipinski definition) is 2. The van der Waals surface area contributed by atoms with Crippen LogP contribution in [-0.4, -0.2) is 64.9 Å². The van der Waals surface area contributed by atoms with Crippen LogP contribution >= 0.6 is 0 Å². The molecule has 9 nitrogen and oxygen atoms in total. The first-order valence-corrected chi connectivity index (χ1v) is 15.2. The maximum atomic E-state index is 13.4. The first-order valence-electron chi connectivity index (χ1n) is 13.7. The van der Waals surface area contributed by atoms with E-state index >= 15 is 0 Å². The Balaban J connectivity index is 1.35. The molecule has 2 aliphatic rings. The maximum Gasteiger partial charge on any atom is 0.262 e. The minimum absolute atomic E-state index is 0.00789. The molecule has 3 aromatic rings. The first-order chi connectivity index (χ1) is 19.4. The summed E-state index contributed by atoms with van der Waals surface area (Å²) in [6.07, 6.45) is 2.08. The van der Waals surface area contributed by atoms with Gasteiger partial charge in [-0.1, -0.05) is 37.6 Å². The van der Waals surface area contributed by atoms with Crippen molar-refractivity contribution in [2.24, 2.45) is 0 Å². The molecule has 40 heavy (non-hydrogen) atoms. The lowest BCUT2D eigenvalue weighted by Crippen LogP contribution is -2.48. The van der Waals surface area contributed by atoms with Crippen molar-refractivity contribution in [3.05, 3.63) is 71.8 Å². The molecule has 5 rings (SSSR count). The molecule has 3 aromatic carbocycles. The number of fused-ring (bicyclic) bond motifs is 1. The van der Waals surface area contributed by atoms with Gasteiger partial charge in [0.2, 0.25) is 0 Å². The third kappa shape index (κ3) is 6.14. The summed E-state index contributed by atoms with van der Waals surface area (Å²) >= 11 is 0. The molecule has 214 valence electrons. The summed E-state index contributed by atoms with van der Waals surface area (Å²) in [5.41, 5.74) is 3.02. The summed E-state index contributed by atoms with van der Waals surface area (Å²) in [6, 6.07) is 18.2. The summed E-state index contributed by atoms with van der Waals surface area (Å²) in [5, 5.41) is 11.5. The van der Waals surface area contributed by atoms with E-state index in [1.165, 1.54) is 17.7 Å². The Hall–Kier alpha value is -3.47. The van der Waals surface area contributed by atoms with Crippen LogP contribution < -0.4 is 23.8 Å². The molecule has 1 fully saturated rings. The van der Waals surface area contributed by atoms with Gasteiger partial charge in [-0.15, -0.1) is 0 Å². The second-order valence-corrected chi connectivity index (χ2v) is 11.7. The van der Waals surface area contributed by atoms with E-state index in [-0.39, 0.29) is 4.90 Å². The van der Waals surface area contributed by atoms with Crippen LogP contribution in [0.1, 0.15) is 37.1 Å². The molecule has 2 N–H and O–H groups in total. The number of nitrogens with one attached hydrogen (secondary N) is 1. The fourth-order valence-electron chi connectivity index (χ4n) is 5.13. The number of piperazine rings is 1. The standard InChI is InChI=1S/C30H37N3O6S/c1-3-4-7-22-10-12-23(13-11-22)31-40(35,36)24-20-25(29-28(21-24)38-18-19-39-29)30(34)33-16-14-32(15-17-33)26-8-5-6-9-27(26)37-2/h5-6,8-13,20-21,30-31,34H,3-4,7,14-19H2,1-2H3. The van der Waals surface area contributed by atoms with Crippen molar-refractivity contribution in [3.63, 3.8) is 0 Å². The second-order valence-electron chi connectivity index (χ2n) is 10.0. The second kappa shape index (κ2) is 12.4.